The Labute approximate surface area is 171 Å². The van der Waals surface area contributed by atoms with Gasteiger partial charge in [-0.2, -0.15) is 0 Å². The van der Waals surface area contributed by atoms with E-state index in [0.29, 0.717) is 5.92 Å². The average molecular weight is 438 g/mol. The van der Waals surface area contributed by atoms with Gasteiger partial charge in [-0.15, -0.1) is 0 Å². The van der Waals surface area contributed by atoms with Crippen molar-refractivity contribution in [2.45, 2.75) is 53.6 Å². The molecule has 2 N–H and O–H groups in total. The number of amides is 1. The minimum atomic E-state index is -0.725. The van der Waals surface area contributed by atoms with Crippen LogP contribution in [0.4, 0.5) is 4.79 Å². The highest BCUT2D eigenvalue weighted by atomic mass is 79.9. The predicted molar refractivity (Wildman–Crippen MR) is 116 cm³/mol. The van der Waals surface area contributed by atoms with E-state index < -0.39 is 11.7 Å². The summed E-state index contributed by atoms with van der Waals surface area (Å²) in [6, 6.07) is 12.4. The zero-order valence-electron chi connectivity index (χ0n) is 17.2. The summed E-state index contributed by atoms with van der Waals surface area (Å²) >= 11 is 3.59. The van der Waals surface area contributed by atoms with Crippen LogP contribution in [0.1, 0.15) is 48.0 Å². The van der Waals surface area contributed by atoms with Gasteiger partial charge in [-0.1, -0.05) is 61.0 Å². The van der Waals surface area contributed by atoms with E-state index in [0.717, 1.165) is 22.7 Å². The van der Waals surface area contributed by atoms with E-state index in [1.165, 1.54) is 17.2 Å². The number of carbonyl (C=O) groups is 1. The number of halogens is 1. The van der Waals surface area contributed by atoms with Gasteiger partial charge >= 0.3 is 6.09 Å². The third-order valence-electron chi connectivity index (χ3n) is 3.63. The van der Waals surface area contributed by atoms with Crippen molar-refractivity contribution in [3.05, 3.63) is 40.9 Å². The van der Waals surface area contributed by atoms with Crippen LogP contribution in [0.25, 0.3) is 10.8 Å². The van der Waals surface area contributed by atoms with Crippen LogP contribution in [-0.2, 0) is 4.74 Å². The van der Waals surface area contributed by atoms with Gasteiger partial charge in [0.1, 0.15) is 11.4 Å². The molecule has 0 aliphatic carbocycles. The zero-order chi connectivity index (χ0) is 20.6. The van der Waals surface area contributed by atoms with Gasteiger partial charge in [0.25, 0.3) is 0 Å². The number of nitrogens with two attached hydrogens (primary N) is 1. The molecule has 2 aromatic carbocycles. The molecule has 4 nitrogen and oxygen atoms in total. The molecule has 0 saturated heterocycles. The SMILES string of the molecule is CC(C)(C)OC(N)=O.CC(C)CC(C)COc1ccc(Br)c2ccccc12. The second kappa shape index (κ2) is 10.5. The molecule has 0 saturated carbocycles. The topological polar surface area (TPSA) is 61.5 Å². The van der Waals surface area contributed by atoms with E-state index in [9.17, 15) is 4.79 Å². The van der Waals surface area contributed by atoms with Crippen molar-refractivity contribution < 1.29 is 14.3 Å². The van der Waals surface area contributed by atoms with Crippen LogP contribution in [0, 0.1) is 11.8 Å². The Morgan fingerprint density at radius 2 is 1.67 bits per heavy atom. The van der Waals surface area contributed by atoms with Crippen molar-refractivity contribution in [3.63, 3.8) is 0 Å². The number of carbonyl (C=O) groups excluding carboxylic acids is 1. The Morgan fingerprint density at radius 3 is 2.15 bits per heavy atom. The molecular formula is C22H32BrNO3. The molecule has 2 rings (SSSR count). The quantitative estimate of drug-likeness (QED) is 0.576. The first-order chi connectivity index (χ1) is 12.5. The number of fused-ring (bicyclic) bond motifs is 1. The number of ether oxygens (including phenoxy) is 2. The fraction of sp³-hybridized carbons (Fsp3) is 0.500. The van der Waals surface area contributed by atoms with Crippen molar-refractivity contribution in [1.82, 2.24) is 0 Å². The highest BCUT2D eigenvalue weighted by molar-refractivity contribution is 9.10. The van der Waals surface area contributed by atoms with Crippen molar-refractivity contribution >= 4 is 32.8 Å². The van der Waals surface area contributed by atoms with Crippen LogP contribution < -0.4 is 10.5 Å². The van der Waals surface area contributed by atoms with Gasteiger partial charge in [0.15, 0.2) is 0 Å². The summed E-state index contributed by atoms with van der Waals surface area (Å²) in [6.45, 7) is 12.8. The number of primary amides is 1. The van der Waals surface area contributed by atoms with Crippen molar-refractivity contribution in [3.8, 4) is 5.75 Å². The smallest absolute Gasteiger partial charge is 0.405 e. The van der Waals surface area contributed by atoms with Crippen LogP contribution in [-0.4, -0.2) is 18.3 Å². The second-order valence-electron chi connectivity index (χ2n) is 8.17. The Hall–Kier alpha value is -1.75. The lowest BCUT2D eigenvalue weighted by Gasteiger charge is -2.16. The molecular weight excluding hydrogens is 406 g/mol. The van der Waals surface area contributed by atoms with Crippen LogP contribution in [0.2, 0.25) is 0 Å². The molecule has 0 bridgehead atoms. The van der Waals surface area contributed by atoms with Gasteiger partial charge in [-0.05, 0) is 56.5 Å². The Morgan fingerprint density at radius 1 is 1.07 bits per heavy atom. The van der Waals surface area contributed by atoms with E-state index >= 15 is 0 Å². The Bertz CT molecular complexity index is 738. The molecule has 1 amide bonds. The van der Waals surface area contributed by atoms with Gasteiger partial charge in [0.05, 0.1) is 6.61 Å². The van der Waals surface area contributed by atoms with Crippen molar-refractivity contribution in [2.75, 3.05) is 6.61 Å². The van der Waals surface area contributed by atoms with Gasteiger partial charge in [-0.25, -0.2) is 4.79 Å². The summed E-state index contributed by atoms with van der Waals surface area (Å²) < 4.78 is 11.7. The molecule has 0 fully saturated rings. The zero-order valence-corrected chi connectivity index (χ0v) is 18.8. The van der Waals surface area contributed by atoms with Crippen LogP contribution >= 0.6 is 15.9 Å². The lowest BCUT2D eigenvalue weighted by atomic mass is 10.00. The van der Waals surface area contributed by atoms with Crippen LogP contribution in [0.5, 0.6) is 5.75 Å². The monoisotopic (exact) mass is 437 g/mol. The molecule has 0 aliphatic heterocycles. The molecule has 0 aromatic heterocycles. The molecule has 27 heavy (non-hydrogen) atoms. The fourth-order valence-electron chi connectivity index (χ4n) is 2.77. The normalized spacial score (nSPS) is 12.3. The predicted octanol–water partition coefficient (Wildman–Crippen LogP) is 6.54. The van der Waals surface area contributed by atoms with Gasteiger partial charge in [0, 0.05) is 9.86 Å². The third kappa shape index (κ3) is 9.14. The van der Waals surface area contributed by atoms with Crippen molar-refractivity contribution in [2.24, 2.45) is 17.6 Å². The van der Waals surface area contributed by atoms with E-state index in [4.69, 9.17) is 10.5 Å². The van der Waals surface area contributed by atoms with E-state index in [-0.39, 0.29) is 0 Å². The number of rotatable bonds is 5. The molecule has 0 spiro atoms. The molecule has 0 heterocycles. The first kappa shape index (κ1) is 23.3. The summed E-state index contributed by atoms with van der Waals surface area (Å²) in [5.74, 6) is 2.29. The maximum Gasteiger partial charge on any atom is 0.405 e. The summed E-state index contributed by atoms with van der Waals surface area (Å²) in [5, 5.41) is 2.38. The lowest BCUT2D eigenvalue weighted by molar-refractivity contribution is 0.0600. The van der Waals surface area contributed by atoms with Crippen LogP contribution in [0.3, 0.4) is 0 Å². The number of benzene rings is 2. The number of hydrogen-bond donors (Lipinski definition) is 1. The maximum absolute atomic E-state index is 10.0. The highest BCUT2D eigenvalue weighted by Gasteiger charge is 2.12. The summed E-state index contributed by atoms with van der Waals surface area (Å²) in [6.07, 6.45) is 0.478. The minimum absolute atomic E-state index is 0.453. The molecule has 5 heteroatoms. The molecule has 0 radical (unpaired) electrons. The van der Waals surface area contributed by atoms with E-state index in [2.05, 4.69) is 77.8 Å². The molecule has 1 atom stereocenters. The summed E-state index contributed by atoms with van der Waals surface area (Å²) in [4.78, 5) is 10.0. The van der Waals surface area contributed by atoms with Gasteiger partial charge < -0.3 is 15.2 Å². The third-order valence-corrected chi connectivity index (χ3v) is 4.33. The molecule has 150 valence electrons. The van der Waals surface area contributed by atoms with E-state index in [1.54, 1.807) is 20.8 Å². The fourth-order valence-corrected chi connectivity index (χ4v) is 3.25. The number of hydrogen-bond acceptors (Lipinski definition) is 3. The summed E-state index contributed by atoms with van der Waals surface area (Å²) in [7, 11) is 0. The maximum atomic E-state index is 10.0. The highest BCUT2D eigenvalue weighted by Crippen LogP contribution is 2.31. The lowest BCUT2D eigenvalue weighted by Crippen LogP contribution is -2.27. The first-order valence-corrected chi connectivity index (χ1v) is 10.1. The molecule has 0 aliphatic rings. The molecule has 1 unspecified atom stereocenters. The van der Waals surface area contributed by atoms with Gasteiger partial charge in [0.2, 0.25) is 0 Å². The second-order valence-corrected chi connectivity index (χ2v) is 9.02. The largest absolute Gasteiger partial charge is 0.493 e. The minimum Gasteiger partial charge on any atom is -0.493 e. The van der Waals surface area contributed by atoms with Crippen molar-refractivity contribution in [1.29, 1.82) is 0 Å². The van der Waals surface area contributed by atoms with E-state index in [1.807, 2.05) is 0 Å². The molecule has 2 aromatic rings. The standard InChI is InChI=1S/C17H21BrO.C5H11NO2/c1-12(2)10-13(3)11-19-17-9-8-16(18)14-6-4-5-7-15(14)17;1-5(2,3)8-4(6)7/h4-9,12-13H,10-11H2,1-3H3;1-3H3,(H2,6,7). The first-order valence-electron chi connectivity index (χ1n) is 9.28. The van der Waals surface area contributed by atoms with Crippen LogP contribution in [0.15, 0.2) is 40.9 Å². The Balaban J connectivity index is 0.000000387. The summed E-state index contributed by atoms with van der Waals surface area (Å²) in [5.41, 5.74) is 4.26. The average Bonchev–Trinajstić information content (AvgIpc) is 2.52. The Kier molecular flexibility index (Phi) is 9.10. The van der Waals surface area contributed by atoms with Gasteiger partial charge in [-0.3, -0.25) is 0 Å².